The summed E-state index contributed by atoms with van der Waals surface area (Å²) in [7, 11) is 0. The molecule has 0 saturated carbocycles. The molecule has 3 heteroatoms. The highest BCUT2D eigenvalue weighted by Gasteiger charge is 2.10. The van der Waals surface area contributed by atoms with Crippen LogP contribution in [0.15, 0.2) is 12.2 Å². The predicted octanol–water partition coefficient (Wildman–Crippen LogP) is 1.60. The highest BCUT2D eigenvalue weighted by molar-refractivity contribution is 5.87. The second kappa shape index (κ2) is 8.08. The lowest BCUT2D eigenvalue weighted by Gasteiger charge is -2.10. The second-order valence-electron chi connectivity index (χ2n) is 4.19. The lowest BCUT2D eigenvalue weighted by molar-refractivity contribution is -0.140. The molecule has 0 bridgehead atoms. The van der Waals surface area contributed by atoms with E-state index in [2.05, 4.69) is 20.4 Å². The molecule has 0 fully saturated rings. The van der Waals surface area contributed by atoms with E-state index in [0.717, 1.165) is 6.42 Å². The number of esters is 1. The van der Waals surface area contributed by atoms with Gasteiger partial charge in [0.2, 0.25) is 0 Å². The minimum absolute atomic E-state index is 0. The molecule has 0 heterocycles. The highest BCUT2D eigenvalue weighted by atomic mass is 27.0. The van der Waals surface area contributed by atoms with Gasteiger partial charge in [-0.2, -0.15) is 0 Å². The van der Waals surface area contributed by atoms with E-state index < -0.39 is 0 Å². The van der Waals surface area contributed by atoms with Gasteiger partial charge in [0.15, 0.2) is 17.4 Å². The molecule has 0 aliphatic heterocycles. The Bertz CT molecular complexity index is 186. The van der Waals surface area contributed by atoms with Gasteiger partial charge in [0.1, 0.15) is 0 Å². The Morgan fingerprint density at radius 2 is 1.71 bits per heavy atom. The van der Waals surface area contributed by atoms with Crippen molar-refractivity contribution in [3.8, 4) is 0 Å². The maximum absolute atomic E-state index is 11.3. The molecule has 0 aromatic heterocycles. The number of hydrogen-bond donors (Lipinski definition) is 0. The van der Waals surface area contributed by atoms with Gasteiger partial charge >= 0.3 is 5.97 Å². The van der Waals surface area contributed by atoms with Gasteiger partial charge in [-0.25, -0.2) is 4.79 Å². The SMILES string of the molecule is C=C(CC(C)C)C(=O)OCC(C)C.[AlH3]. The first kappa shape index (κ1) is 16.2. The molecule has 14 heavy (non-hydrogen) atoms. The average molecular weight is 214 g/mol. The first-order valence-corrected chi connectivity index (χ1v) is 4.78. The van der Waals surface area contributed by atoms with Crippen LogP contribution in [0.25, 0.3) is 0 Å². The molecule has 0 aromatic carbocycles. The first-order valence-electron chi connectivity index (χ1n) is 4.78. The largest absolute Gasteiger partial charge is 0.462 e. The van der Waals surface area contributed by atoms with Crippen LogP contribution in [0.5, 0.6) is 0 Å². The molecule has 0 saturated heterocycles. The summed E-state index contributed by atoms with van der Waals surface area (Å²) in [6.45, 7) is 12.3. The van der Waals surface area contributed by atoms with Crippen LogP contribution >= 0.6 is 0 Å². The molecule has 2 nitrogen and oxygen atoms in total. The van der Waals surface area contributed by atoms with Crippen molar-refractivity contribution in [2.24, 2.45) is 11.8 Å². The Kier molecular flexibility index (Phi) is 9.34. The summed E-state index contributed by atoms with van der Waals surface area (Å²) in [5, 5.41) is 0. The zero-order valence-electron chi connectivity index (χ0n) is 9.09. The molecule has 0 amide bonds. The van der Waals surface area contributed by atoms with Crippen molar-refractivity contribution in [2.45, 2.75) is 34.1 Å². The molecule has 0 radical (unpaired) electrons. The van der Waals surface area contributed by atoms with E-state index in [1.54, 1.807) is 0 Å². The Balaban J connectivity index is 0. The van der Waals surface area contributed by atoms with Gasteiger partial charge in [0, 0.05) is 5.57 Å². The van der Waals surface area contributed by atoms with Gasteiger partial charge in [-0.1, -0.05) is 34.3 Å². The maximum atomic E-state index is 11.3. The van der Waals surface area contributed by atoms with Gasteiger partial charge in [-0.05, 0) is 18.3 Å². The minimum atomic E-state index is -0.248. The normalized spacial score (nSPS) is 9.86. The number of hydrogen-bond acceptors (Lipinski definition) is 2. The fraction of sp³-hybridized carbons (Fsp3) is 0.727. The van der Waals surface area contributed by atoms with E-state index in [4.69, 9.17) is 4.74 Å². The quantitative estimate of drug-likeness (QED) is 0.395. The second-order valence-corrected chi connectivity index (χ2v) is 4.19. The monoisotopic (exact) mass is 214 g/mol. The van der Waals surface area contributed by atoms with Crippen molar-refractivity contribution in [3.63, 3.8) is 0 Å². The lowest BCUT2D eigenvalue weighted by Crippen LogP contribution is -2.12. The van der Waals surface area contributed by atoms with Crippen molar-refractivity contribution >= 4 is 23.3 Å². The molecular weight excluding hydrogens is 191 g/mol. The maximum Gasteiger partial charge on any atom is 0.333 e. The molecule has 0 aliphatic carbocycles. The summed E-state index contributed by atoms with van der Waals surface area (Å²) in [4.78, 5) is 11.3. The summed E-state index contributed by atoms with van der Waals surface area (Å²) >= 11 is 0. The zero-order valence-corrected chi connectivity index (χ0v) is 9.09. The van der Waals surface area contributed by atoms with Crippen molar-refractivity contribution in [3.05, 3.63) is 12.2 Å². The molecule has 82 valence electrons. The molecule has 0 aromatic rings. The topological polar surface area (TPSA) is 26.3 Å². The Hall–Kier alpha value is -0.258. The van der Waals surface area contributed by atoms with Crippen LogP contribution in [0.1, 0.15) is 34.1 Å². The number of carbonyl (C=O) groups excluding carboxylic acids is 1. The Morgan fingerprint density at radius 3 is 2.07 bits per heavy atom. The van der Waals surface area contributed by atoms with Crippen molar-refractivity contribution < 1.29 is 9.53 Å². The summed E-state index contributed by atoms with van der Waals surface area (Å²) in [6.07, 6.45) is 0.719. The predicted molar refractivity (Wildman–Crippen MR) is 64.3 cm³/mol. The molecule has 0 unspecified atom stereocenters. The van der Waals surface area contributed by atoms with Gasteiger partial charge in [0.25, 0.3) is 0 Å². The van der Waals surface area contributed by atoms with Crippen molar-refractivity contribution in [1.29, 1.82) is 0 Å². The average Bonchev–Trinajstić information content (AvgIpc) is 1.98. The molecule has 0 aliphatic rings. The molecule has 0 atom stereocenters. The summed E-state index contributed by atoms with van der Waals surface area (Å²) < 4.78 is 5.03. The van der Waals surface area contributed by atoms with Gasteiger partial charge < -0.3 is 4.74 Å². The van der Waals surface area contributed by atoms with E-state index in [-0.39, 0.29) is 23.3 Å². The molecule has 0 spiro atoms. The summed E-state index contributed by atoms with van der Waals surface area (Å²) in [5.74, 6) is 0.595. The third-order valence-electron chi connectivity index (χ3n) is 1.49. The first-order chi connectivity index (χ1) is 5.93. The molecule has 0 rings (SSSR count). The molecular formula is C11H23AlO2. The van der Waals surface area contributed by atoms with Crippen molar-refractivity contribution in [1.82, 2.24) is 0 Å². The van der Waals surface area contributed by atoms with Crippen LogP contribution in [-0.2, 0) is 9.53 Å². The van der Waals surface area contributed by atoms with Crippen LogP contribution in [0.2, 0.25) is 0 Å². The van der Waals surface area contributed by atoms with Gasteiger partial charge in [-0.3, -0.25) is 0 Å². The number of ether oxygens (including phenoxy) is 1. The fourth-order valence-electron chi connectivity index (χ4n) is 0.921. The standard InChI is InChI=1S/C11H20O2.Al.3H/c1-8(2)6-10(5)11(12)13-7-9(3)4;;;;/h8-9H,5-7H2,1-4H3;;;;. The lowest BCUT2D eigenvalue weighted by atomic mass is 10.1. The van der Waals surface area contributed by atoms with E-state index in [9.17, 15) is 4.79 Å². The molecule has 0 N–H and O–H groups in total. The van der Waals surface area contributed by atoms with Crippen LogP contribution in [-0.4, -0.2) is 29.9 Å². The number of rotatable bonds is 5. The van der Waals surface area contributed by atoms with Gasteiger partial charge in [0.05, 0.1) is 6.61 Å². The Morgan fingerprint density at radius 1 is 1.21 bits per heavy atom. The van der Waals surface area contributed by atoms with Crippen LogP contribution in [0.3, 0.4) is 0 Å². The summed E-state index contributed by atoms with van der Waals surface area (Å²) in [6, 6.07) is 0. The zero-order chi connectivity index (χ0) is 10.4. The van der Waals surface area contributed by atoms with Crippen molar-refractivity contribution in [2.75, 3.05) is 6.61 Å². The third kappa shape index (κ3) is 8.35. The highest BCUT2D eigenvalue weighted by Crippen LogP contribution is 2.10. The van der Waals surface area contributed by atoms with E-state index >= 15 is 0 Å². The Labute approximate surface area is 97.8 Å². The minimum Gasteiger partial charge on any atom is -0.462 e. The van der Waals surface area contributed by atoms with Crippen LogP contribution in [0.4, 0.5) is 0 Å². The van der Waals surface area contributed by atoms with Gasteiger partial charge in [-0.15, -0.1) is 0 Å². The van der Waals surface area contributed by atoms with E-state index in [1.807, 2.05) is 13.8 Å². The van der Waals surface area contributed by atoms with Crippen LogP contribution < -0.4 is 0 Å². The third-order valence-corrected chi connectivity index (χ3v) is 1.49. The fourth-order valence-corrected chi connectivity index (χ4v) is 0.921. The summed E-state index contributed by atoms with van der Waals surface area (Å²) in [5.41, 5.74) is 0.579. The van der Waals surface area contributed by atoms with E-state index in [0.29, 0.717) is 24.0 Å². The van der Waals surface area contributed by atoms with E-state index in [1.165, 1.54) is 0 Å². The number of carbonyl (C=O) groups is 1. The smallest absolute Gasteiger partial charge is 0.333 e. The van der Waals surface area contributed by atoms with Crippen LogP contribution in [0, 0.1) is 11.8 Å².